The van der Waals surface area contributed by atoms with E-state index in [0.29, 0.717) is 17.5 Å². The van der Waals surface area contributed by atoms with E-state index in [4.69, 9.17) is 9.47 Å². The summed E-state index contributed by atoms with van der Waals surface area (Å²) < 4.78 is 12.4. The van der Waals surface area contributed by atoms with Gasteiger partial charge in [0, 0.05) is 17.9 Å². The van der Waals surface area contributed by atoms with E-state index in [1.807, 2.05) is 55.5 Å². The van der Waals surface area contributed by atoms with Crippen molar-refractivity contribution >= 4 is 28.7 Å². The van der Waals surface area contributed by atoms with E-state index >= 15 is 0 Å². The molecule has 0 bridgehead atoms. The molecule has 6 heteroatoms. The molecule has 0 saturated heterocycles. The van der Waals surface area contributed by atoms with Crippen molar-refractivity contribution in [1.82, 2.24) is 4.57 Å². The molecule has 0 aliphatic carbocycles. The van der Waals surface area contributed by atoms with Gasteiger partial charge in [0.15, 0.2) is 0 Å². The molecule has 4 rings (SSSR count). The molecule has 2 aromatic carbocycles. The maximum Gasteiger partial charge on any atom is 0.317 e. The standard InChI is InChI=1S/C24H23NO5/c1-4-29-24(28)21-18(13-16-8-6-5-7-9-16)23(27)30-22-20(21)17-12-14(2)10-11-19(17)25(22)15(3)26/h5-12,18,21H,4,13H2,1-3H3/t18-,21+/m1/s1. The summed E-state index contributed by atoms with van der Waals surface area (Å²) in [7, 11) is 0. The number of hydrogen-bond donors (Lipinski definition) is 0. The van der Waals surface area contributed by atoms with Crippen molar-refractivity contribution in [3.05, 3.63) is 65.2 Å². The van der Waals surface area contributed by atoms with Crippen LogP contribution in [0.5, 0.6) is 5.88 Å². The summed E-state index contributed by atoms with van der Waals surface area (Å²) in [6.45, 7) is 5.27. The van der Waals surface area contributed by atoms with Crippen molar-refractivity contribution in [2.24, 2.45) is 5.92 Å². The van der Waals surface area contributed by atoms with Crippen molar-refractivity contribution in [2.45, 2.75) is 33.1 Å². The van der Waals surface area contributed by atoms with Crippen LogP contribution in [-0.2, 0) is 20.7 Å². The Balaban J connectivity index is 1.95. The molecule has 2 heterocycles. The van der Waals surface area contributed by atoms with Gasteiger partial charge in [0.2, 0.25) is 11.8 Å². The number of nitrogens with zero attached hydrogens (tertiary/aromatic N) is 1. The van der Waals surface area contributed by atoms with E-state index in [0.717, 1.165) is 16.5 Å². The first-order valence-corrected chi connectivity index (χ1v) is 10.0. The average Bonchev–Trinajstić information content (AvgIpc) is 3.02. The predicted octanol–water partition coefficient (Wildman–Crippen LogP) is 4.03. The van der Waals surface area contributed by atoms with Crippen LogP contribution in [0.15, 0.2) is 48.5 Å². The molecule has 6 nitrogen and oxygen atoms in total. The highest BCUT2D eigenvalue weighted by Gasteiger charge is 2.46. The monoisotopic (exact) mass is 405 g/mol. The van der Waals surface area contributed by atoms with Gasteiger partial charge < -0.3 is 9.47 Å². The molecule has 0 fully saturated rings. The number of ether oxygens (including phenoxy) is 2. The van der Waals surface area contributed by atoms with E-state index in [9.17, 15) is 14.4 Å². The quantitative estimate of drug-likeness (QED) is 0.613. The largest absolute Gasteiger partial charge is 0.465 e. The lowest BCUT2D eigenvalue weighted by Crippen LogP contribution is -2.38. The number of aromatic nitrogens is 1. The van der Waals surface area contributed by atoms with E-state index in [-0.39, 0.29) is 18.4 Å². The maximum absolute atomic E-state index is 13.1. The fraction of sp³-hybridized carbons (Fsp3) is 0.292. The highest BCUT2D eigenvalue weighted by Crippen LogP contribution is 2.46. The molecule has 0 saturated carbocycles. The normalized spacial score (nSPS) is 18.0. The van der Waals surface area contributed by atoms with Crippen LogP contribution in [-0.4, -0.2) is 29.0 Å². The van der Waals surface area contributed by atoms with Crippen molar-refractivity contribution in [3.63, 3.8) is 0 Å². The van der Waals surface area contributed by atoms with Gasteiger partial charge in [0.1, 0.15) is 5.92 Å². The zero-order valence-electron chi connectivity index (χ0n) is 17.2. The summed E-state index contributed by atoms with van der Waals surface area (Å²) >= 11 is 0. The zero-order chi connectivity index (χ0) is 21.4. The van der Waals surface area contributed by atoms with Crippen LogP contribution in [0.25, 0.3) is 10.9 Å². The first kappa shape index (κ1) is 19.9. The lowest BCUT2D eigenvalue weighted by Gasteiger charge is -2.29. The van der Waals surface area contributed by atoms with Crippen LogP contribution in [0.4, 0.5) is 0 Å². The Hall–Kier alpha value is -3.41. The summed E-state index contributed by atoms with van der Waals surface area (Å²) in [5.41, 5.74) is 3.05. The third-order valence-corrected chi connectivity index (χ3v) is 5.48. The van der Waals surface area contributed by atoms with E-state index < -0.39 is 23.8 Å². The summed E-state index contributed by atoms with van der Waals surface area (Å²) in [5, 5.41) is 0.726. The third-order valence-electron chi connectivity index (χ3n) is 5.48. The zero-order valence-corrected chi connectivity index (χ0v) is 17.2. The molecule has 0 amide bonds. The number of aryl methyl sites for hydroxylation is 1. The third kappa shape index (κ3) is 3.28. The second kappa shape index (κ2) is 7.78. The first-order valence-electron chi connectivity index (χ1n) is 10.0. The number of benzene rings is 2. The van der Waals surface area contributed by atoms with Crippen LogP contribution in [0.1, 0.15) is 41.3 Å². The molecule has 0 unspecified atom stereocenters. The number of rotatable bonds is 4. The molecule has 1 aliphatic heterocycles. The second-order valence-electron chi connectivity index (χ2n) is 7.54. The fourth-order valence-corrected chi connectivity index (χ4v) is 4.21. The summed E-state index contributed by atoms with van der Waals surface area (Å²) in [5.74, 6) is -2.79. The predicted molar refractivity (Wildman–Crippen MR) is 112 cm³/mol. The van der Waals surface area contributed by atoms with Crippen LogP contribution < -0.4 is 4.74 Å². The summed E-state index contributed by atoms with van der Waals surface area (Å²) in [6.07, 6.45) is 0.334. The molecular weight excluding hydrogens is 382 g/mol. The highest BCUT2D eigenvalue weighted by molar-refractivity contribution is 6.03. The molecular formula is C24H23NO5. The SMILES string of the molecule is CCOC(=O)[C@@H]1c2c(n(C(C)=O)c3ccc(C)cc23)OC(=O)[C@@H]1Cc1ccccc1. The molecule has 154 valence electrons. The fourth-order valence-electron chi connectivity index (χ4n) is 4.21. The average molecular weight is 405 g/mol. The summed E-state index contributed by atoms with van der Waals surface area (Å²) in [6, 6.07) is 15.1. The Bertz CT molecular complexity index is 1150. The molecule has 0 N–H and O–H groups in total. The topological polar surface area (TPSA) is 74.6 Å². The van der Waals surface area contributed by atoms with Crippen LogP contribution >= 0.6 is 0 Å². The Morgan fingerprint density at radius 3 is 2.53 bits per heavy atom. The van der Waals surface area contributed by atoms with E-state index in [2.05, 4.69) is 0 Å². The Kier molecular flexibility index (Phi) is 5.16. The van der Waals surface area contributed by atoms with Gasteiger partial charge >= 0.3 is 11.9 Å². The molecule has 0 spiro atoms. The van der Waals surface area contributed by atoms with Crippen molar-refractivity contribution in [3.8, 4) is 5.88 Å². The summed E-state index contributed by atoms with van der Waals surface area (Å²) in [4.78, 5) is 38.5. The minimum atomic E-state index is -0.855. The lowest BCUT2D eigenvalue weighted by atomic mass is 9.80. The van der Waals surface area contributed by atoms with Gasteiger partial charge in [-0.2, -0.15) is 0 Å². The van der Waals surface area contributed by atoms with Gasteiger partial charge in [-0.3, -0.25) is 14.4 Å². The number of hydrogen-bond acceptors (Lipinski definition) is 5. The number of fused-ring (bicyclic) bond motifs is 3. The van der Waals surface area contributed by atoms with Crippen molar-refractivity contribution in [2.75, 3.05) is 6.61 Å². The Morgan fingerprint density at radius 2 is 1.87 bits per heavy atom. The Labute approximate surface area is 174 Å². The molecule has 2 atom stereocenters. The van der Waals surface area contributed by atoms with Crippen LogP contribution in [0.2, 0.25) is 0 Å². The molecule has 0 radical (unpaired) electrons. The molecule has 3 aromatic rings. The molecule has 30 heavy (non-hydrogen) atoms. The molecule has 1 aliphatic rings. The van der Waals surface area contributed by atoms with Gasteiger partial charge in [0.25, 0.3) is 0 Å². The van der Waals surface area contributed by atoms with Crippen molar-refractivity contribution < 1.29 is 23.9 Å². The van der Waals surface area contributed by atoms with E-state index in [1.54, 1.807) is 6.92 Å². The van der Waals surface area contributed by atoms with Crippen LogP contribution in [0, 0.1) is 12.8 Å². The Morgan fingerprint density at radius 1 is 1.13 bits per heavy atom. The number of esters is 2. The van der Waals surface area contributed by atoms with Crippen LogP contribution in [0.3, 0.4) is 0 Å². The lowest BCUT2D eigenvalue weighted by molar-refractivity contribution is -0.154. The van der Waals surface area contributed by atoms with Gasteiger partial charge in [-0.15, -0.1) is 0 Å². The minimum absolute atomic E-state index is 0.121. The number of carbonyl (C=O) groups excluding carboxylic acids is 3. The number of carbonyl (C=O) groups is 3. The van der Waals surface area contributed by atoms with Gasteiger partial charge in [-0.1, -0.05) is 42.0 Å². The minimum Gasteiger partial charge on any atom is -0.465 e. The smallest absolute Gasteiger partial charge is 0.317 e. The second-order valence-corrected chi connectivity index (χ2v) is 7.54. The van der Waals surface area contributed by atoms with Gasteiger partial charge in [0.05, 0.1) is 18.0 Å². The highest BCUT2D eigenvalue weighted by atomic mass is 16.6. The molecule has 1 aromatic heterocycles. The van der Waals surface area contributed by atoms with E-state index in [1.165, 1.54) is 11.5 Å². The van der Waals surface area contributed by atoms with Gasteiger partial charge in [-0.05, 0) is 38.0 Å². The maximum atomic E-state index is 13.1. The first-order chi connectivity index (χ1) is 14.4. The van der Waals surface area contributed by atoms with Gasteiger partial charge in [-0.25, -0.2) is 4.57 Å². The van der Waals surface area contributed by atoms with Crippen molar-refractivity contribution in [1.29, 1.82) is 0 Å².